The summed E-state index contributed by atoms with van der Waals surface area (Å²) in [4.78, 5) is 31.2. The van der Waals surface area contributed by atoms with E-state index in [-0.39, 0.29) is 30.7 Å². The van der Waals surface area contributed by atoms with E-state index < -0.39 is 11.8 Å². The number of carbonyl (C=O) groups excluding carboxylic acids is 2. The molecule has 0 saturated carbocycles. The molecule has 4 rings (SSSR count). The van der Waals surface area contributed by atoms with Crippen LogP contribution in [0.4, 0.5) is 4.39 Å². The summed E-state index contributed by atoms with van der Waals surface area (Å²) in [6.07, 6.45) is 0. The number of nitrogens with zero attached hydrogens (tertiary/aromatic N) is 2. The molecular weight excluding hydrogens is 379 g/mol. The number of aliphatic imine (C=N–C) groups is 1. The normalized spacial score (nSPS) is 26.5. The summed E-state index contributed by atoms with van der Waals surface area (Å²) in [6.45, 7) is 0.705. The molecule has 2 unspecified atom stereocenters. The van der Waals surface area contributed by atoms with Crippen LogP contribution in [0.1, 0.15) is 11.5 Å². The Bertz CT molecular complexity index is 833. The number of halogens is 2. The first-order valence-corrected chi connectivity index (χ1v) is 8.38. The number of benzene rings is 1. The fourth-order valence-electron chi connectivity index (χ4n) is 3.63. The predicted octanol–water partition coefficient (Wildman–Crippen LogP) is 2.07. The Labute approximate surface area is 146 Å². The molecular formula is C17H14BrFN2O3. The van der Waals surface area contributed by atoms with E-state index in [2.05, 4.69) is 20.9 Å². The SMILES string of the molecule is CN1CC2=C(C1=O)C(c1ccc(F)c(Br)c1)C1C(=O)COCC1=N2. The molecule has 0 aliphatic carbocycles. The number of fused-ring (bicyclic) bond motifs is 1. The molecule has 5 nitrogen and oxygen atoms in total. The van der Waals surface area contributed by atoms with Crippen LogP contribution in [0, 0.1) is 11.7 Å². The van der Waals surface area contributed by atoms with Crippen molar-refractivity contribution in [2.24, 2.45) is 10.9 Å². The number of Topliss-reactive ketones (excluding diaryl/α,β-unsaturated/α-hetero) is 1. The quantitative estimate of drug-likeness (QED) is 0.734. The average molecular weight is 393 g/mol. The van der Waals surface area contributed by atoms with Crippen molar-refractivity contribution in [2.45, 2.75) is 5.92 Å². The topological polar surface area (TPSA) is 59.0 Å². The molecule has 0 aromatic heterocycles. The first-order valence-electron chi connectivity index (χ1n) is 7.58. The smallest absolute Gasteiger partial charge is 0.252 e. The molecule has 2 atom stereocenters. The second-order valence-corrected chi connectivity index (χ2v) is 7.07. The number of ether oxygens (including phenoxy) is 1. The molecule has 0 N–H and O–H groups in total. The van der Waals surface area contributed by atoms with E-state index in [1.807, 2.05) is 0 Å². The van der Waals surface area contributed by atoms with Gasteiger partial charge in [0.25, 0.3) is 5.91 Å². The lowest BCUT2D eigenvalue weighted by Crippen LogP contribution is -2.43. The van der Waals surface area contributed by atoms with E-state index in [4.69, 9.17) is 4.74 Å². The highest BCUT2D eigenvalue weighted by molar-refractivity contribution is 9.10. The van der Waals surface area contributed by atoms with Gasteiger partial charge in [-0.05, 0) is 33.6 Å². The third-order valence-electron chi connectivity index (χ3n) is 4.70. The number of hydrogen-bond acceptors (Lipinski definition) is 4. The summed E-state index contributed by atoms with van der Waals surface area (Å²) in [5.74, 6) is -1.58. The molecule has 7 heteroatoms. The maximum Gasteiger partial charge on any atom is 0.252 e. The van der Waals surface area contributed by atoms with Gasteiger partial charge in [-0.25, -0.2) is 4.39 Å². The molecule has 1 saturated heterocycles. The van der Waals surface area contributed by atoms with Gasteiger partial charge in [-0.15, -0.1) is 0 Å². The Hall–Kier alpha value is -1.86. The van der Waals surface area contributed by atoms with Crippen LogP contribution >= 0.6 is 15.9 Å². The van der Waals surface area contributed by atoms with Gasteiger partial charge in [0.05, 0.1) is 35.0 Å². The number of rotatable bonds is 1. The first kappa shape index (κ1) is 15.7. The van der Waals surface area contributed by atoms with E-state index in [1.165, 1.54) is 6.07 Å². The Kier molecular flexibility index (Phi) is 3.65. The van der Waals surface area contributed by atoms with E-state index in [1.54, 1.807) is 24.1 Å². The summed E-state index contributed by atoms with van der Waals surface area (Å²) >= 11 is 3.19. The van der Waals surface area contributed by atoms with Crippen LogP contribution in [0.5, 0.6) is 0 Å². The molecule has 1 fully saturated rings. The van der Waals surface area contributed by atoms with Gasteiger partial charge in [-0.2, -0.15) is 0 Å². The van der Waals surface area contributed by atoms with Crippen LogP contribution in [0.3, 0.4) is 0 Å². The summed E-state index contributed by atoms with van der Waals surface area (Å²) in [7, 11) is 1.71. The minimum atomic E-state index is -0.523. The van der Waals surface area contributed by atoms with Crippen molar-refractivity contribution in [3.05, 3.63) is 45.3 Å². The molecule has 0 radical (unpaired) electrons. The van der Waals surface area contributed by atoms with Gasteiger partial charge in [0, 0.05) is 18.5 Å². The number of hydrogen-bond donors (Lipinski definition) is 0. The lowest BCUT2D eigenvalue weighted by Gasteiger charge is -2.34. The van der Waals surface area contributed by atoms with Crippen LogP contribution < -0.4 is 0 Å². The Morgan fingerprint density at radius 2 is 2.08 bits per heavy atom. The molecule has 1 aromatic rings. The monoisotopic (exact) mass is 392 g/mol. The van der Waals surface area contributed by atoms with Crippen molar-refractivity contribution in [1.29, 1.82) is 0 Å². The van der Waals surface area contributed by atoms with Crippen LogP contribution in [-0.2, 0) is 14.3 Å². The van der Waals surface area contributed by atoms with Crippen molar-refractivity contribution in [1.82, 2.24) is 4.90 Å². The molecule has 1 amide bonds. The van der Waals surface area contributed by atoms with Crippen molar-refractivity contribution in [3.63, 3.8) is 0 Å². The van der Waals surface area contributed by atoms with Crippen molar-refractivity contribution in [2.75, 3.05) is 26.8 Å². The van der Waals surface area contributed by atoms with Gasteiger partial charge in [0.2, 0.25) is 0 Å². The summed E-state index contributed by atoms with van der Waals surface area (Å²) in [5, 5.41) is 0. The molecule has 0 bridgehead atoms. The minimum absolute atomic E-state index is 0.00912. The maximum atomic E-state index is 13.6. The third-order valence-corrected chi connectivity index (χ3v) is 5.31. The number of carbonyl (C=O) groups is 2. The third kappa shape index (κ3) is 2.26. The lowest BCUT2D eigenvalue weighted by molar-refractivity contribution is -0.127. The van der Waals surface area contributed by atoms with Gasteiger partial charge < -0.3 is 9.64 Å². The fourth-order valence-corrected chi connectivity index (χ4v) is 4.02. The Balaban J connectivity index is 1.90. The van der Waals surface area contributed by atoms with Gasteiger partial charge in [0.15, 0.2) is 5.78 Å². The first-order chi connectivity index (χ1) is 11.5. The zero-order chi connectivity index (χ0) is 17.0. The van der Waals surface area contributed by atoms with Crippen LogP contribution in [-0.4, -0.2) is 49.1 Å². The minimum Gasteiger partial charge on any atom is -0.368 e. The van der Waals surface area contributed by atoms with E-state index in [9.17, 15) is 14.0 Å². The molecule has 3 heterocycles. The number of likely N-dealkylation sites (N-methyl/N-ethyl adjacent to an activating group) is 1. The molecule has 124 valence electrons. The summed E-state index contributed by atoms with van der Waals surface area (Å²) in [5.41, 5.74) is 2.60. The van der Waals surface area contributed by atoms with E-state index in [0.29, 0.717) is 28.0 Å². The van der Waals surface area contributed by atoms with Gasteiger partial charge in [0.1, 0.15) is 12.4 Å². The number of amides is 1. The fraction of sp³-hybridized carbons (Fsp3) is 0.353. The standard InChI is InChI=1S/C17H14BrFN2O3/c1-21-5-11-16(17(21)23)14(8-2-3-10(19)9(18)4-8)15-12(20-11)6-24-7-13(15)22/h2-4,14-15H,5-7H2,1H3. The van der Waals surface area contributed by atoms with Crippen molar-refractivity contribution in [3.8, 4) is 0 Å². The Morgan fingerprint density at radius 3 is 2.83 bits per heavy atom. The lowest BCUT2D eigenvalue weighted by atomic mass is 9.73. The van der Waals surface area contributed by atoms with Gasteiger partial charge >= 0.3 is 0 Å². The zero-order valence-electron chi connectivity index (χ0n) is 12.9. The van der Waals surface area contributed by atoms with E-state index >= 15 is 0 Å². The summed E-state index contributed by atoms with van der Waals surface area (Å²) in [6, 6.07) is 4.62. The van der Waals surface area contributed by atoms with Gasteiger partial charge in [-0.1, -0.05) is 6.07 Å². The van der Waals surface area contributed by atoms with E-state index in [0.717, 1.165) is 5.56 Å². The molecule has 24 heavy (non-hydrogen) atoms. The van der Waals surface area contributed by atoms with Crippen molar-refractivity contribution < 1.29 is 18.7 Å². The van der Waals surface area contributed by atoms with Crippen LogP contribution in [0.2, 0.25) is 0 Å². The molecule has 0 spiro atoms. The zero-order valence-corrected chi connectivity index (χ0v) is 14.5. The molecule has 3 aliphatic heterocycles. The highest BCUT2D eigenvalue weighted by atomic mass is 79.9. The number of ketones is 1. The largest absolute Gasteiger partial charge is 0.368 e. The molecule has 1 aromatic carbocycles. The highest BCUT2D eigenvalue weighted by Crippen LogP contribution is 2.44. The van der Waals surface area contributed by atoms with Gasteiger partial charge in [-0.3, -0.25) is 14.6 Å². The second-order valence-electron chi connectivity index (χ2n) is 6.21. The predicted molar refractivity (Wildman–Crippen MR) is 88.3 cm³/mol. The summed E-state index contributed by atoms with van der Waals surface area (Å²) < 4.78 is 19.3. The Morgan fingerprint density at radius 1 is 1.29 bits per heavy atom. The second kappa shape index (κ2) is 5.60. The van der Waals surface area contributed by atoms with Crippen molar-refractivity contribution >= 4 is 33.3 Å². The highest BCUT2D eigenvalue weighted by Gasteiger charge is 2.47. The average Bonchev–Trinajstić information content (AvgIpc) is 2.83. The maximum absolute atomic E-state index is 13.6. The van der Waals surface area contributed by atoms with Crippen LogP contribution in [0.25, 0.3) is 0 Å². The molecule has 3 aliphatic rings. The van der Waals surface area contributed by atoms with Crippen LogP contribution in [0.15, 0.2) is 38.9 Å².